The Morgan fingerprint density at radius 2 is 1.82 bits per heavy atom. The fourth-order valence-electron chi connectivity index (χ4n) is 5.84. The van der Waals surface area contributed by atoms with Gasteiger partial charge in [0.1, 0.15) is 11.9 Å². The van der Waals surface area contributed by atoms with E-state index >= 15 is 0 Å². The van der Waals surface area contributed by atoms with Gasteiger partial charge in [-0.1, -0.05) is 0 Å². The van der Waals surface area contributed by atoms with Crippen LogP contribution in [0.1, 0.15) is 18.4 Å². The molecule has 3 saturated heterocycles. The fourth-order valence-corrected chi connectivity index (χ4v) is 6.20. The number of benzene rings is 2. The Labute approximate surface area is 199 Å². The summed E-state index contributed by atoms with van der Waals surface area (Å²) in [6, 6.07) is 11.9. The van der Waals surface area contributed by atoms with Gasteiger partial charge in [-0.05, 0) is 77.9 Å². The van der Waals surface area contributed by atoms with Gasteiger partial charge in [-0.15, -0.1) is 0 Å². The molecule has 0 radical (unpaired) electrons. The molecular formula is C22H14F4IN5O. The molecule has 3 fully saturated rings. The van der Waals surface area contributed by atoms with Crippen LogP contribution in [0.3, 0.4) is 0 Å². The summed E-state index contributed by atoms with van der Waals surface area (Å²) in [4.78, 5) is 17.4. The summed E-state index contributed by atoms with van der Waals surface area (Å²) in [5, 5.41) is 14.2. The second-order valence-electron chi connectivity index (χ2n) is 8.46. The zero-order valence-electron chi connectivity index (χ0n) is 16.7. The molecule has 0 aliphatic carbocycles. The maximum absolute atomic E-state index is 14.1. The molecule has 0 saturated carbocycles. The number of alkyl halides is 3. The van der Waals surface area contributed by atoms with Crippen molar-refractivity contribution in [3.63, 3.8) is 0 Å². The molecule has 4 heterocycles. The molecule has 2 aromatic carbocycles. The van der Waals surface area contributed by atoms with Crippen LogP contribution in [-0.2, 0) is 4.79 Å². The minimum Gasteiger partial charge on any atom is -0.293 e. The minimum absolute atomic E-state index is 0.0686. The highest BCUT2D eigenvalue weighted by Crippen LogP contribution is 2.63. The van der Waals surface area contributed by atoms with E-state index < -0.39 is 47.4 Å². The summed E-state index contributed by atoms with van der Waals surface area (Å²) in [5.41, 5.74) is -2.36. The molecule has 4 aliphatic rings. The molecule has 6 rings (SSSR count). The number of nitrogens with zero attached hydrogens (tertiary/aromatic N) is 5. The molecule has 4 unspecified atom stereocenters. The fraction of sp³-hybridized carbons (Fsp3) is 0.318. The van der Waals surface area contributed by atoms with Crippen LogP contribution in [0.4, 0.5) is 28.9 Å². The van der Waals surface area contributed by atoms with Crippen LogP contribution >= 0.6 is 22.6 Å². The third-order valence-electron chi connectivity index (χ3n) is 6.98. The SMILES string of the molecule is N#Cc1cc(N2N=C(C(F)(F)F)C3C4CCC5N(c6ccc(I)cc6)C(=O)C32N45)ccc1F. The van der Waals surface area contributed by atoms with Crippen LogP contribution in [0.2, 0.25) is 0 Å². The van der Waals surface area contributed by atoms with E-state index in [0.717, 1.165) is 20.7 Å². The molecule has 33 heavy (non-hydrogen) atoms. The number of hydrazone groups is 1. The van der Waals surface area contributed by atoms with Crippen LogP contribution in [-0.4, -0.2) is 40.6 Å². The molecule has 6 nitrogen and oxygen atoms in total. The van der Waals surface area contributed by atoms with E-state index in [1.54, 1.807) is 23.1 Å². The van der Waals surface area contributed by atoms with Gasteiger partial charge in [0.15, 0.2) is 5.71 Å². The number of carbonyl (C=O) groups is 1. The lowest BCUT2D eigenvalue weighted by atomic mass is 9.72. The van der Waals surface area contributed by atoms with Crippen LogP contribution in [0.25, 0.3) is 0 Å². The second-order valence-corrected chi connectivity index (χ2v) is 9.70. The van der Waals surface area contributed by atoms with Crippen molar-refractivity contribution in [2.45, 2.75) is 36.9 Å². The summed E-state index contributed by atoms with van der Waals surface area (Å²) in [5.74, 6) is -2.46. The van der Waals surface area contributed by atoms with Crippen molar-refractivity contribution in [3.05, 3.63) is 57.4 Å². The molecule has 11 heteroatoms. The van der Waals surface area contributed by atoms with Gasteiger partial charge in [-0.3, -0.25) is 9.69 Å². The van der Waals surface area contributed by atoms with Crippen molar-refractivity contribution >= 4 is 45.6 Å². The van der Waals surface area contributed by atoms with Crippen molar-refractivity contribution in [1.29, 1.82) is 5.26 Å². The lowest BCUT2D eigenvalue weighted by Crippen LogP contribution is -2.77. The van der Waals surface area contributed by atoms with Gasteiger partial charge >= 0.3 is 6.18 Å². The number of anilines is 2. The number of nitriles is 1. The molecule has 0 aromatic heterocycles. The minimum atomic E-state index is -4.73. The number of rotatable bonds is 2. The first kappa shape index (κ1) is 20.9. The van der Waals surface area contributed by atoms with E-state index in [1.807, 2.05) is 17.0 Å². The zero-order valence-corrected chi connectivity index (χ0v) is 18.9. The molecule has 1 spiro atoms. The predicted octanol–water partition coefficient (Wildman–Crippen LogP) is 4.20. The molecule has 4 aliphatic heterocycles. The smallest absolute Gasteiger partial charge is 0.293 e. The monoisotopic (exact) mass is 567 g/mol. The summed E-state index contributed by atoms with van der Waals surface area (Å²) < 4.78 is 57.1. The highest BCUT2D eigenvalue weighted by atomic mass is 127. The first-order valence-electron chi connectivity index (χ1n) is 10.2. The van der Waals surface area contributed by atoms with Crippen molar-refractivity contribution < 1.29 is 22.4 Å². The van der Waals surface area contributed by atoms with E-state index in [2.05, 4.69) is 27.7 Å². The van der Waals surface area contributed by atoms with Crippen LogP contribution in [0, 0.1) is 26.6 Å². The van der Waals surface area contributed by atoms with Gasteiger partial charge in [-0.25, -0.2) is 14.3 Å². The molecule has 0 bridgehead atoms. The molecule has 1 amide bonds. The van der Waals surface area contributed by atoms with E-state index in [0.29, 0.717) is 18.5 Å². The Bertz CT molecular complexity index is 1270. The van der Waals surface area contributed by atoms with Crippen molar-refractivity contribution in [2.24, 2.45) is 11.0 Å². The average molecular weight is 567 g/mol. The lowest BCUT2D eigenvalue weighted by molar-refractivity contribution is -0.142. The highest BCUT2D eigenvalue weighted by molar-refractivity contribution is 14.1. The zero-order chi connectivity index (χ0) is 23.3. The third-order valence-corrected chi connectivity index (χ3v) is 7.70. The average Bonchev–Trinajstić information content (AvgIpc) is 3.34. The van der Waals surface area contributed by atoms with Gasteiger partial charge in [-0.2, -0.15) is 23.5 Å². The largest absolute Gasteiger partial charge is 0.431 e. The number of hydrogen-bond donors (Lipinski definition) is 0. The quantitative estimate of drug-likeness (QED) is 0.404. The number of fused-ring (bicyclic) bond motifs is 1. The van der Waals surface area contributed by atoms with Crippen molar-refractivity contribution in [1.82, 2.24) is 4.90 Å². The normalized spacial score (nSPS) is 30.1. The molecule has 0 N–H and O–H groups in total. The maximum atomic E-state index is 14.1. The Balaban J connectivity index is 1.54. The Hall–Kier alpha value is -2.72. The van der Waals surface area contributed by atoms with E-state index in [9.17, 15) is 27.6 Å². The standard InChI is InChI=1S/C22H14F4IN5O/c23-15-6-5-14(9-11(15)10-28)32-21-18(19(29-32)22(24,25)26)16-7-8-17(31(16)21)30(20(21)33)13-3-1-12(27)2-4-13/h1-6,9,16-18H,7-8H2. The van der Waals surface area contributed by atoms with Crippen molar-refractivity contribution in [3.8, 4) is 6.07 Å². The van der Waals surface area contributed by atoms with E-state index in [-0.39, 0.29) is 11.3 Å². The Kier molecular flexibility index (Phi) is 4.21. The topological polar surface area (TPSA) is 62.9 Å². The van der Waals surface area contributed by atoms with Gasteiger partial charge in [0.2, 0.25) is 5.66 Å². The van der Waals surface area contributed by atoms with Crippen LogP contribution < -0.4 is 9.91 Å². The van der Waals surface area contributed by atoms with Crippen LogP contribution in [0.5, 0.6) is 0 Å². The van der Waals surface area contributed by atoms with E-state index in [1.165, 1.54) is 6.07 Å². The highest BCUT2D eigenvalue weighted by Gasteiger charge is 2.83. The third kappa shape index (κ3) is 2.50. The first-order chi connectivity index (χ1) is 15.7. The number of amides is 1. The maximum Gasteiger partial charge on any atom is 0.431 e. The number of carbonyl (C=O) groups excluding carboxylic acids is 1. The van der Waals surface area contributed by atoms with Gasteiger partial charge in [0.25, 0.3) is 5.91 Å². The van der Waals surface area contributed by atoms with E-state index in [4.69, 9.17) is 0 Å². The summed E-state index contributed by atoms with van der Waals surface area (Å²) in [6.45, 7) is 0. The Morgan fingerprint density at radius 3 is 2.48 bits per heavy atom. The molecule has 2 aromatic rings. The number of halogens is 5. The molecule has 168 valence electrons. The van der Waals surface area contributed by atoms with Gasteiger partial charge in [0, 0.05) is 15.3 Å². The Morgan fingerprint density at radius 1 is 1.12 bits per heavy atom. The molecule has 4 atom stereocenters. The predicted molar refractivity (Wildman–Crippen MR) is 119 cm³/mol. The number of hydrogen-bond acceptors (Lipinski definition) is 5. The second kappa shape index (κ2) is 6.66. The van der Waals surface area contributed by atoms with Gasteiger partial charge in [0.05, 0.1) is 23.3 Å². The molecular weight excluding hydrogens is 553 g/mol. The lowest BCUT2D eigenvalue weighted by Gasteiger charge is -2.55. The van der Waals surface area contributed by atoms with Crippen LogP contribution in [0.15, 0.2) is 47.6 Å². The van der Waals surface area contributed by atoms with Gasteiger partial charge < -0.3 is 0 Å². The summed E-state index contributed by atoms with van der Waals surface area (Å²) in [6.07, 6.45) is -4.10. The van der Waals surface area contributed by atoms with Crippen molar-refractivity contribution in [2.75, 3.05) is 9.91 Å². The summed E-state index contributed by atoms with van der Waals surface area (Å²) in [7, 11) is 0. The first-order valence-corrected chi connectivity index (χ1v) is 11.3. The summed E-state index contributed by atoms with van der Waals surface area (Å²) >= 11 is 2.14.